The fourth-order valence-corrected chi connectivity index (χ4v) is 4.43. The minimum absolute atomic E-state index is 0.106. The number of nitrogens with one attached hydrogen (secondary N) is 3. The second kappa shape index (κ2) is 14.4. The van der Waals surface area contributed by atoms with Crippen molar-refractivity contribution < 1.29 is 23.9 Å². The lowest BCUT2D eigenvalue weighted by molar-refractivity contribution is -0.114. The highest BCUT2D eigenvalue weighted by Gasteiger charge is 2.15. The van der Waals surface area contributed by atoms with Crippen LogP contribution >= 0.6 is 11.8 Å². The Morgan fingerprint density at radius 2 is 1.46 bits per heavy atom. The summed E-state index contributed by atoms with van der Waals surface area (Å²) in [6, 6.07) is 30.2. The molecule has 8 nitrogen and oxygen atoms in total. The van der Waals surface area contributed by atoms with Crippen molar-refractivity contribution in [3.63, 3.8) is 0 Å². The number of carbonyl (C=O) groups excluding carboxylic acids is 3. The second-order valence-corrected chi connectivity index (χ2v) is 9.72. The van der Waals surface area contributed by atoms with Gasteiger partial charge in [0.25, 0.3) is 11.8 Å². The number of hydrogen-bond donors (Lipinski definition) is 3. The van der Waals surface area contributed by atoms with E-state index in [4.69, 9.17) is 9.47 Å². The van der Waals surface area contributed by atoms with Crippen molar-refractivity contribution in [1.82, 2.24) is 5.32 Å². The first kappa shape index (κ1) is 29.0. The van der Waals surface area contributed by atoms with Crippen molar-refractivity contribution >= 4 is 46.9 Å². The second-order valence-electron chi connectivity index (χ2n) is 8.67. The maximum atomic E-state index is 13.2. The molecule has 208 valence electrons. The molecule has 0 bridgehead atoms. The van der Waals surface area contributed by atoms with Crippen LogP contribution in [0, 0.1) is 0 Å². The molecule has 0 saturated heterocycles. The van der Waals surface area contributed by atoms with Crippen molar-refractivity contribution in [2.75, 3.05) is 30.6 Å². The Balaban J connectivity index is 1.37. The molecule has 4 aromatic rings. The van der Waals surface area contributed by atoms with Gasteiger partial charge in [-0.1, -0.05) is 48.5 Å². The van der Waals surface area contributed by atoms with Gasteiger partial charge in [0.2, 0.25) is 5.91 Å². The van der Waals surface area contributed by atoms with Crippen molar-refractivity contribution in [2.24, 2.45) is 0 Å². The average Bonchev–Trinajstić information content (AvgIpc) is 3.01. The first-order valence-electron chi connectivity index (χ1n) is 12.6. The van der Waals surface area contributed by atoms with Crippen LogP contribution in [-0.4, -0.2) is 37.7 Å². The van der Waals surface area contributed by atoms with E-state index in [1.807, 2.05) is 48.5 Å². The standard InChI is InChI=1S/C32H29N3O5S/c1-39-25-15-18-27(29(20-25)40-2)34-30(36)21-41-26-16-13-24(14-17-26)33-32(38)28(19-22-9-5-3-6-10-22)35-31(37)23-11-7-4-8-12-23/h3-20H,21H2,1-2H3,(H,33,38)(H,34,36)(H,35,37)/b28-19-. The molecule has 9 heteroatoms. The lowest BCUT2D eigenvalue weighted by atomic mass is 10.1. The van der Waals surface area contributed by atoms with Crippen molar-refractivity contribution in [1.29, 1.82) is 0 Å². The third-order valence-corrected chi connectivity index (χ3v) is 6.82. The molecular weight excluding hydrogens is 538 g/mol. The summed E-state index contributed by atoms with van der Waals surface area (Å²) in [6.07, 6.45) is 1.62. The number of carbonyl (C=O) groups is 3. The minimum atomic E-state index is -0.466. The van der Waals surface area contributed by atoms with Crippen LogP contribution in [-0.2, 0) is 9.59 Å². The van der Waals surface area contributed by atoms with Crippen LogP contribution in [0.4, 0.5) is 11.4 Å². The fourth-order valence-electron chi connectivity index (χ4n) is 3.73. The molecule has 0 aliphatic carbocycles. The first-order valence-corrected chi connectivity index (χ1v) is 13.6. The Bertz CT molecular complexity index is 1520. The lowest BCUT2D eigenvalue weighted by Gasteiger charge is -2.12. The Kier molecular flexibility index (Phi) is 10.2. The van der Waals surface area contributed by atoms with E-state index in [0.29, 0.717) is 28.4 Å². The normalized spacial score (nSPS) is 10.8. The van der Waals surface area contributed by atoms with E-state index in [9.17, 15) is 14.4 Å². The highest BCUT2D eigenvalue weighted by atomic mass is 32.2. The number of rotatable bonds is 11. The van der Waals surface area contributed by atoms with Gasteiger partial charge in [-0.25, -0.2) is 0 Å². The highest BCUT2D eigenvalue weighted by Crippen LogP contribution is 2.29. The zero-order valence-electron chi connectivity index (χ0n) is 22.5. The largest absolute Gasteiger partial charge is 0.497 e. The summed E-state index contributed by atoms with van der Waals surface area (Å²) < 4.78 is 10.5. The molecule has 0 fully saturated rings. The van der Waals surface area contributed by atoms with Crippen LogP contribution in [0.2, 0.25) is 0 Å². The molecule has 0 heterocycles. The molecular formula is C32H29N3O5S. The molecule has 0 aliphatic rings. The molecule has 4 rings (SSSR count). The predicted octanol–water partition coefficient (Wildman–Crippen LogP) is 5.84. The van der Waals surface area contributed by atoms with Gasteiger partial charge in [-0.15, -0.1) is 11.8 Å². The summed E-state index contributed by atoms with van der Waals surface area (Å²) in [7, 11) is 3.09. The van der Waals surface area contributed by atoms with Gasteiger partial charge < -0.3 is 25.4 Å². The summed E-state index contributed by atoms with van der Waals surface area (Å²) in [5, 5.41) is 8.40. The molecule has 41 heavy (non-hydrogen) atoms. The molecule has 0 radical (unpaired) electrons. The molecule has 4 aromatic carbocycles. The fraction of sp³-hybridized carbons (Fsp3) is 0.0938. The van der Waals surface area contributed by atoms with Gasteiger partial charge >= 0.3 is 0 Å². The predicted molar refractivity (Wildman–Crippen MR) is 162 cm³/mol. The van der Waals surface area contributed by atoms with Crippen LogP contribution in [0.3, 0.4) is 0 Å². The van der Waals surface area contributed by atoms with E-state index in [-0.39, 0.29) is 23.3 Å². The number of anilines is 2. The number of methoxy groups -OCH3 is 2. The number of amides is 3. The summed E-state index contributed by atoms with van der Waals surface area (Å²) in [5.74, 6) is 0.259. The monoisotopic (exact) mass is 567 g/mol. The zero-order chi connectivity index (χ0) is 29.0. The Morgan fingerprint density at radius 3 is 2.12 bits per heavy atom. The zero-order valence-corrected chi connectivity index (χ0v) is 23.4. The van der Waals surface area contributed by atoms with Crippen LogP contribution in [0.1, 0.15) is 15.9 Å². The maximum Gasteiger partial charge on any atom is 0.272 e. The van der Waals surface area contributed by atoms with Crippen molar-refractivity contribution in [2.45, 2.75) is 4.90 Å². The van der Waals surface area contributed by atoms with Crippen LogP contribution in [0.5, 0.6) is 11.5 Å². The van der Waals surface area contributed by atoms with Crippen LogP contribution < -0.4 is 25.4 Å². The lowest BCUT2D eigenvalue weighted by Crippen LogP contribution is -2.30. The van der Waals surface area contributed by atoms with Gasteiger partial charge in [-0.2, -0.15) is 0 Å². The Morgan fingerprint density at radius 1 is 0.780 bits per heavy atom. The summed E-state index contributed by atoms with van der Waals surface area (Å²) in [4.78, 5) is 39.3. The quantitative estimate of drug-likeness (QED) is 0.155. The summed E-state index contributed by atoms with van der Waals surface area (Å²) in [5.41, 5.74) is 2.41. The summed E-state index contributed by atoms with van der Waals surface area (Å²) >= 11 is 1.35. The van der Waals surface area contributed by atoms with Gasteiger partial charge in [0.1, 0.15) is 17.2 Å². The van der Waals surface area contributed by atoms with Crippen molar-refractivity contribution in [3.05, 3.63) is 120 Å². The molecule has 0 saturated carbocycles. The topological polar surface area (TPSA) is 106 Å². The molecule has 0 aliphatic heterocycles. The Hall–Kier alpha value is -5.02. The van der Waals surface area contributed by atoms with Crippen LogP contribution in [0.15, 0.2) is 114 Å². The molecule has 0 spiro atoms. The van der Waals surface area contributed by atoms with Gasteiger partial charge in [0.15, 0.2) is 0 Å². The van der Waals surface area contributed by atoms with Gasteiger partial charge in [-0.3, -0.25) is 14.4 Å². The SMILES string of the molecule is COc1ccc(NC(=O)CSc2ccc(NC(=O)/C(=C/c3ccccc3)NC(=O)c3ccccc3)cc2)c(OC)c1. The Labute approximate surface area is 242 Å². The summed E-state index contributed by atoms with van der Waals surface area (Å²) in [6.45, 7) is 0. The van der Waals surface area contributed by atoms with E-state index >= 15 is 0 Å². The molecule has 3 N–H and O–H groups in total. The van der Waals surface area contributed by atoms with Gasteiger partial charge in [0.05, 0.1) is 25.7 Å². The van der Waals surface area contributed by atoms with E-state index in [2.05, 4.69) is 16.0 Å². The van der Waals surface area contributed by atoms with Crippen LogP contribution in [0.25, 0.3) is 6.08 Å². The highest BCUT2D eigenvalue weighted by molar-refractivity contribution is 8.00. The van der Waals surface area contributed by atoms with Gasteiger partial charge in [0, 0.05) is 22.2 Å². The number of thioether (sulfide) groups is 1. The number of benzene rings is 4. The third kappa shape index (κ3) is 8.48. The molecule has 0 aromatic heterocycles. The number of ether oxygens (including phenoxy) is 2. The minimum Gasteiger partial charge on any atom is -0.497 e. The smallest absolute Gasteiger partial charge is 0.272 e. The first-order chi connectivity index (χ1) is 19.9. The van der Waals surface area contributed by atoms with E-state index in [1.165, 1.54) is 18.9 Å². The number of hydrogen-bond acceptors (Lipinski definition) is 6. The maximum absolute atomic E-state index is 13.2. The molecule has 3 amide bonds. The van der Waals surface area contributed by atoms with E-state index < -0.39 is 5.91 Å². The average molecular weight is 568 g/mol. The van der Waals surface area contributed by atoms with E-state index in [1.54, 1.807) is 67.8 Å². The molecule has 0 unspecified atom stereocenters. The van der Waals surface area contributed by atoms with Gasteiger partial charge in [-0.05, 0) is 60.2 Å². The third-order valence-electron chi connectivity index (χ3n) is 5.80. The molecule has 0 atom stereocenters. The van der Waals surface area contributed by atoms with E-state index in [0.717, 1.165) is 10.5 Å². The van der Waals surface area contributed by atoms with Crippen molar-refractivity contribution in [3.8, 4) is 11.5 Å².